The maximum atomic E-state index is 10.8. The summed E-state index contributed by atoms with van der Waals surface area (Å²) in [6.07, 6.45) is 3.98. The molecule has 7 heteroatoms. The topological polar surface area (TPSA) is 84.3 Å². The first-order valence-electron chi connectivity index (χ1n) is 5.64. The molecule has 18 heavy (non-hydrogen) atoms. The molecule has 3 atom stereocenters. The second-order valence-corrected chi connectivity index (χ2v) is 4.90. The number of carboxylic acid groups (broad SMARTS) is 1. The second-order valence-electron chi connectivity index (χ2n) is 4.15. The van der Waals surface area contributed by atoms with Crippen molar-refractivity contribution in [2.24, 2.45) is 5.92 Å². The number of carboxylic acids is 1. The van der Waals surface area contributed by atoms with Gasteiger partial charge in [-0.05, 0) is 13.3 Å². The SMILES string of the molecule is COC(C)c1nsc(NC2C=CC(C(=O)O)C2)n1. The summed E-state index contributed by atoms with van der Waals surface area (Å²) in [4.78, 5) is 15.1. The Bertz CT molecular complexity index is 460. The minimum absolute atomic E-state index is 0.00440. The fraction of sp³-hybridized carbons (Fsp3) is 0.545. The molecular weight excluding hydrogens is 254 g/mol. The van der Waals surface area contributed by atoms with Gasteiger partial charge < -0.3 is 15.2 Å². The number of aromatic nitrogens is 2. The predicted molar refractivity (Wildman–Crippen MR) is 67.6 cm³/mol. The van der Waals surface area contributed by atoms with Gasteiger partial charge in [0.2, 0.25) is 5.13 Å². The van der Waals surface area contributed by atoms with Crippen LogP contribution in [0.5, 0.6) is 0 Å². The van der Waals surface area contributed by atoms with Crippen molar-refractivity contribution in [2.75, 3.05) is 12.4 Å². The van der Waals surface area contributed by atoms with Gasteiger partial charge in [-0.3, -0.25) is 4.79 Å². The zero-order valence-electron chi connectivity index (χ0n) is 10.2. The van der Waals surface area contributed by atoms with Gasteiger partial charge in [0.05, 0.1) is 5.92 Å². The molecule has 0 aromatic carbocycles. The van der Waals surface area contributed by atoms with Gasteiger partial charge in [0, 0.05) is 24.7 Å². The molecule has 1 aromatic rings. The quantitative estimate of drug-likeness (QED) is 0.791. The lowest BCUT2D eigenvalue weighted by molar-refractivity contribution is -0.140. The average Bonchev–Trinajstić information content (AvgIpc) is 2.98. The van der Waals surface area contributed by atoms with Crippen molar-refractivity contribution in [3.63, 3.8) is 0 Å². The Kier molecular flexibility index (Phi) is 3.93. The molecular formula is C11H15N3O3S. The van der Waals surface area contributed by atoms with Gasteiger partial charge in [0.15, 0.2) is 5.82 Å². The molecule has 0 amide bonds. The number of anilines is 1. The minimum atomic E-state index is -0.790. The highest BCUT2D eigenvalue weighted by Gasteiger charge is 2.25. The van der Waals surface area contributed by atoms with E-state index in [-0.39, 0.29) is 12.1 Å². The predicted octanol–water partition coefficient (Wildman–Crippen LogP) is 1.69. The molecule has 0 fully saturated rings. The molecule has 1 aliphatic rings. The molecule has 2 rings (SSSR count). The zero-order valence-corrected chi connectivity index (χ0v) is 11.0. The van der Waals surface area contributed by atoms with Crippen molar-refractivity contribution in [3.05, 3.63) is 18.0 Å². The molecule has 1 aliphatic carbocycles. The molecule has 0 spiro atoms. The first kappa shape index (κ1) is 13.0. The summed E-state index contributed by atoms with van der Waals surface area (Å²) < 4.78 is 9.32. The highest BCUT2D eigenvalue weighted by molar-refractivity contribution is 7.09. The Balaban J connectivity index is 1.93. The first-order valence-corrected chi connectivity index (χ1v) is 6.41. The Morgan fingerprint density at radius 3 is 3.06 bits per heavy atom. The fourth-order valence-corrected chi connectivity index (χ4v) is 2.42. The van der Waals surface area contributed by atoms with E-state index in [2.05, 4.69) is 14.7 Å². The number of carbonyl (C=O) groups is 1. The van der Waals surface area contributed by atoms with Crippen molar-refractivity contribution in [2.45, 2.75) is 25.5 Å². The lowest BCUT2D eigenvalue weighted by Gasteiger charge is -2.10. The monoisotopic (exact) mass is 269 g/mol. The molecule has 1 heterocycles. The van der Waals surface area contributed by atoms with Crippen LogP contribution >= 0.6 is 11.5 Å². The van der Waals surface area contributed by atoms with Crippen LogP contribution < -0.4 is 5.32 Å². The minimum Gasteiger partial charge on any atom is -0.481 e. The number of nitrogens with zero attached hydrogens (tertiary/aromatic N) is 2. The summed E-state index contributed by atoms with van der Waals surface area (Å²) in [5.74, 6) is -0.559. The van der Waals surface area contributed by atoms with Crippen molar-refractivity contribution in [3.8, 4) is 0 Å². The van der Waals surface area contributed by atoms with E-state index < -0.39 is 11.9 Å². The molecule has 0 aliphatic heterocycles. The highest BCUT2D eigenvalue weighted by Crippen LogP contribution is 2.24. The molecule has 0 bridgehead atoms. The lowest BCUT2D eigenvalue weighted by Crippen LogP contribution is -2.18. The number of rotatable bonds is 5. The number of methoxy groups -OCH3 is 1. The number of aliphatic carboxylic acids is 1. The van der Waals surface area contributed by atoms with E-state index in [4.69, 9.17) is 9.84 Å². The third-order valence-corrected chi connectivity index (χ3v) is 3.53. The van der Waals surface area contributed by atoms with Crippen LogP contribution in [-0.2, 0) is 9.53 Å². The van der Waals surface area contributed by atoms with Crippen LogP contribution in [-0.4, -0.2) is 33.6 Å². The van der Waals surface area contributed by atoms with E-state index in [1.807, 2.05) is 13.0 Å². The molecule has 6 nitrogen and oxygen atoms in total. The summed E-state index contributed by atoms with van der Waals surface area (Å²) in [7, 11) is 1.61. The van der Waals surface area contributed by atoms with Crippen LogP contribution in [0.1, 0.15) is 25.3 Å². The Morgan fingerprint density at radius 1 is 1.67 bits per heavy atom. The van der Waals surface area contributed by atoms with Gasteiger partial charge in [0.1, 0.15) is 6.10 Å². The molecule has 0 saturated carbocycles. The molecule has 0 radical (unpaired) electrons. The Hall–Kier alpha value is -1.47. The van der Waals surface area contributed by atoms with Crippen LogP contribution in [0.4, 0.5) is 5.13 Å². The smallest absolute Gasteiger partial charge is 0.310 e. The summed E-state index contributed by atoms with van der Waals surface area (Å²) in [6, 6.07) is 0.00440. The average molecular weight is 269 g/mol. The molecule has 2 N–H and O–H groups in total. The number of nitrogens with one attached hydrogen (secondary N) is 1. The first-order chi connectivity index (χ1) is 8.60. The molecule has 1 aromatic heterocycles. The van der Waals surface area contributed by atoms with Crippen molar-refractivity contribution < 1.29 is 14.6 Å². The third-order valence-electron chi connectivity index (χ3n) is 2.87. The van der Waals surface area contributed by atoms with E-state index in [9.17, 15) is 4.79 Å². The largest absolute Gasteiger partial charge is 0.481 e. The lowest BCUT2D eigenvalue weighted by atomic mass is 10.1. The summed E-state index contributed by atoms with van der Waals surface area (Å²) in [5.41, 5.74) is 0. The highest BCUT2D eigenvalue weighted by atomic mass is 32.1. The second kappa shape index (κ2) is 5.45. The van der Waals surface area contributed by atoms with E-state index in [0.717, 1.165) is 0 Å². The normalized spacial score (nSPS) is 24.1. The van der Waals surface area contributed by atoms with Crippen LogP contribution in [0, 0.1) is 5.92 Å². The Morgan fingerprint density at radius 2 is 2.44 bits per heavy atom. The van der Waals surface area contributed by atoms with Gasteiger partial charge in [-0.15, -0.1) is 0 Å². The molecule has 3 unspecified atom stereocenters. The maximum Gasteiger partial charge on any atom is 0.310 e. The van der Waals surface area contributed by atoms with Gasteiger partial charge in [-0.25, -0.2) is 4.98 Å². The van der Waals surface area contributed by atoms with Crippen LogP contribution in [0.15, 0.2) is 12.2 Å². The van der Waals surface area contributed by atoms with Gasteiger partial charge in [-0.1, -0.05) is 12.2 Å². The van der Waals surface area contributed by atoms with E-state index in [0.29, 0.717) is 17.4 Å². The van der Waals surface area contributed by atoms with Crippen LogP contribution in [0.25, 0.3) is 0 Å². The number of hydrogen-bond acceptors (Lipinski definition) is 6. The maximum absolute atomic E-state index is 10.8. The standard InChI is InChI=1S/C11H15N3O3S/c1-6(17-2)9-13-11(18-14-9)12-8-4-3-7(5-8)10(15)16/h3-4,6-8H,5H2,1-2H3,(H,15,16)(H,12,13,14). The van der Waals surface area contributed by atoms with E-state index in [1.54, 1.807) is 13.2 Å². The molecule has 0 saturated heterocycles. The number of ether oxygens (including phenoxy) is 1. The fourth-order valence-electron chi connectivity index (χ4n) is 1.71. The van der Waals surface area contributed by atoms with Crippen molar-refractivity contribution in [1.82, 2.24) is 9.36 Å². The van der Waals surface area contributed by atoms with Crippen molar-refractivity contribution >= 4 is 22.6 Å². The van der Waals surface area contributed by atoms with E-state index in [1.165, 1.54) is 11.5 Å². The van der Waals surface area contributed by atoms with Gasteiger partial charge in [-0.2, -0.15) is 4.37 Å². The third kappa shape index (κ3) is 2.85. The zero-order chi connectivity index (χ0) is 13.1. The number of hydrogen-bond donors (Lipinski definition) is 2. The van der Waals surface area contributed by atoms with Gasteiger partial charge >= 0.3 is 5.97 Å². The van der Waals surface area contributed by atoms with Crippen LogP contribution in [0.3, 0.4) is 0 Å². The van der Waals surface area contributed by atoms with Gasteiger partial charge in [0.25, 0.3) is 0 Å². The van der Waals surface area contributed by atoms with Crippen LogP contribution in [0.2, 0.25) is 0 Å². The summed E-state index contributed by atoms with van der Waals surface area (Å²) in [6.45, 7) is 1.88. The summed E-state index contributed by atoms with van der Waals surface area (Å²) >= 11 is 1.26. The Labute approximate surface area is 109 Å². The summed E-state index contributed by atoms with van der Waals surface area (Å²) in [5, 5.41) is 12.7. The molecule has 98 valence electrons. The van der Waals surface area contributed by atoms with Crippen molar-refractivity contribution in [1.29, 1.82) is 0 Å². The van der Waals surface area contributed by atoms with E-state index >= 15 is 0 Å².